The van der Waals surface area contributed by atoms with Crippen LogP contribution in [-0.2, 0) is 5.33 Å². The molecule has 14 heavy (non-hydrogen) atoms. The van der Waals surface area contributed by atoms with Crippen LogP contribution in [0, 0.1) is 0 Å². The molecule has 0 aliphatic rings. The predicted molar refractivity (Wildman–Crippen MR) is 48.0 cm³/mol. The molecule has 0 amide bonds. The molecule has 0 aromatic carbocycles. The molecule has 2 N–H and O–H groups in total. The van der Waals surface area contributed by atoms with Crippen molar-refractivity contribution >= 4 is 21.7 Å². The van der Waals surface area contributed by atoms with Crippen LogP contribution in [0.4, 0.5) is 19.0 Å². The van der Waals surface area contributed by atoms with E-state index in [-0.39, 0.29) is 11.6 Å². The molecule has 0 bridgehead atoms. The molecule has 78 valence electrons. The molecule has 0 saturated carbocycles. The second-order valence-electron chi connectivity index (χ2n) is 2.40. The molecule has 7 heteroatoms. The Morgan fingerprint density at radius 1 is 1.43 bits per heavy atom. The average molecular weight is 271 g/mol. The summed E-state index contributed by atoms with van der Waals surface area (Å²) in [6.45, 7) is 0. The first-order chi connectivity index (χ1) is 6.40. The Morgan fingerprint density at radius 2 is 2.07 bits per heavy atom. The van der Waals surface area contributed by atoms with Gasteiger partial charge in [-0.3, -0.25) is 0 Å². The zero-order valence-electron chi connectivity index (χ0n) is 6.81. The molecule has 0 radical (unpaired) electrons. The molecule has 1 aromatic rings. The van der Waals surface area contributed by atoms with Crippen molar-refractivity contribution in [3.8, 4) is 5.75 Å². The number of ether oxygens (including phenoxy) is 1. The van der Waals surface area contributed by atoms with E-state index in [9.17, 15) is 13.2 Å². The van der Waals surface area contributed by atoms with E-state index >= 15 is 0 Å². The third kappa shape index (κ3) is 3.41. The smallest absolute Gasteiger partial charge is 0.406 e. The van der Waals surface area contributed by atoms with E-state index < -0.39 is 6.36 Å². The SMILES string of the molecule is Nc1cc(OC(F)(F)F)cc(CBr)n1. The van der Waals surface area contributed by atoms with Gasteiger partial charge in [0, 0.05) is 17.5 Å². The van der Waals surface area contributed by atoms with Gasteiger partial charge in [0.25, 0.3) is 0 Å². The summed E-state index contributed by atoms with van der Waals surface area (Å²) in [6, 6.07) is 2.18. The number of nitrogens with two attached hydrogens (primary N) is 1. The lowest BCUT2D eigenvalue weighted by Crippen LogP contribution is -2.17. The van der Waals surface area contributed by atoms with Gasteiger partial charge in [-0.1, -0.05) is 15.9 Å². The molecule has 3 nitrogen and oxygen atoms in total. The van der Waals surface area contributed by atoms with Crippen molar-refractivity contribution in [2.75, 3.05) is 5.73 Å². The summed E-state index contributed by atoms with van der Waals surface area (Å²) in [5.41, 5.74) is 5.65. The van der Waals surface area contributed by atoms with Crippen LogP contribution in [0.1, 0.15) is 5.69 Å². The van der Waals surface area contributed by atoms with Gasteiger partial charge in [-0.25, -0.2) is 4.98 Å². The van der Waals surface area contributed by atoms with E-state index in [0.29, 0.717) is 11.0 Å². The highest BCUT2D eigenvalue weighted by Crippen LogP contribution is 2.24. The first-order valence-corrected chi connectivity index (χ1v) is 4.61. The number of rotatable bonds is 2. The molecular weight excluding hydrogens is 265 g/mol. The number of nitrogens with zero attached hydrogens (tertiary/aromatic N) is 1. The quantitative estimate of drug-likeness (QED) is 0.840. The number of hydrogen-bond donors (Lipinski definition) is 1. The third-order valence-electron chi connectivity index (χ3n) is 1.24. The third-order valence-corrected chi connectivity index (χ3v) is 1.82. The Labute approximate surface area is 86.2 Å². The fourth-order valence-electron chi connectivity index (χ4n) is 0.843. The van der Waals surface area contributed by atoms with Gasteiger partial charge in [0.15, 0.2) is 0 Å². The monoisotopic (exact) mass is 270 g/mol. The van der Waals surface area contributed by atoms with Gasteiger partial charge in [-0.2, -0.15) is 0 Å². The maximum Gasteiger partial charge on any atom is 0.573 e. The molecule has 0 atom stereocenters. The number of hydrogen-bond acceptors (Lipinski definition) is 3. The number of pyridine rings is 1. The minimum absolute atomic E-state index is 0.0128. The van der Waals surface area contributed by atoms with Crippen LogP contribution in [-0.4, -0.2) is 11.3 Å². The van der Waals surface area contributed by atoms with Crippen molar-refractivity contribution in [1.29, 1.82) is 0 Å². The van der Waals surface area contributed by atoms with Gasteiger partial charge in [0.1, 0.15) is 11.6 Å². The largest absolute Gasteiger partial charge is 0.573 e. The van der Waals surface area contributed by atoms with Gasteiger partial charge in [0.2, 0.25) is 0 Å². The molecular formula is C7H6BrF3N2O. The Balaban J connectivity index is 2.92. The number of anilines is 1. The molecule has 1 aromatic heterocycles. The first kappa shape index (κ1) is 11.1. The predicted octanol–water partition coefficient (Wildman–Crippen LogP) is 2.46. The molecule has 0 aliphatic carbocycles. The fourth-order valence-corrected chi connectivity index (χ4v) is 1.13. The second-order valence-corrected chi connectivity index (χ2v) is 2.96. The van der Waals surface area contributed by atoms with E-state index in [0.717, 1.165) is 6.07 Å². The van der Waals surface area contributed by atoms with Gasteiger partial charge in [-0.15, -0.1) is 13.2 Å². The number of alkyl halides is 4. The Bertz CT molecular complexity index is 329. The standard InChI is InChI=1S/C7H6BrF3N2O/c8-3-4-1-5(2-6(12)13-4)14-7(9,10)11/h1-2H,3H2,(H2,12,13). The maximum absolute atomic E-state index is 11.8. The minimum atomic E-state index is -4.71. The highest BCUT2D eigenvalue weighted by molar-refractivity contribution is 9.08. The number of halogens is 4. The van der Waals surface area contributed by atoms with Crippen molar-refractivity contribution in [3.05, 3.63) is 17.8 Å². The van der Waals surface area contributed by atoms with Crippen molar-refractivity contribution in [1.82, 2.24) is 4.98 Å². The first-order valence-electron chi connectivity index (χ1n) is 3.49. The van der Waals surface area contributed by atoms with Crippen molar-refractivity contribution in [2.24, 2.45) is 0 Å². The van der Waals surface area contributed by atoms with Crippen LogP contribution in [0.5, 0.6) is 5.75 Å². The van der Waals surface area contributed by atoms with Crippen molar-refractivity contribution in [3.63, 3.8) is 0 Å². The zero-order valence-corrected chi connectivity index (χ0v) is 8.39. The van der Waals surface area contributed by atoms with Crippen LogP contribution in [0.25, 0.3) is 0 Å². The molecule has 0 fully saturated rings. The van der Waals surface area contributed by atoms with Gasteiger partial charge < -0.3 is 10.5 Å². The maximum atomic E-state index is 11.8. The van der Waals surface area contributed by atoms with Crippen LogP contribution >= 0.6 is 15.9 Å². The summed E-state index contributed by atoms with van der Waals surface area (Å²) in [5, 5.41) is 0.312. The van der Waals surface area contributed by atoms with Crippen LogP contribution < -0.4 is 10.5 Å². The lowest BCUT2D eigenvalue weighted by Gasteiger charge is -2.09. The summed E-state index contributed by atoms with van der Waals surface area (Å²) < 4.78 is 39.1. The summed E-state index contributed by atoms with van der Waals surface area (Å²) in [6.07, 6.45) is -4.71. The topological polar surface area (TPSA) is 48.1 Å². The fraction of sp³-hybridized carbons (Fsp3) is 0.286. The van der Waals surface area contributed by atoms with Crippen LogP contribution in [0.2, 0.25) is 0 Å². The molecule has 1 rings (SSSR count). The molecule has 1 heterocycles. The van der Waals surface area contributed by atoms with E-state index in [2.05, 4.69) is 25.7 Å². The lowest BCUT2D eigenvalue weighted by molar-refractivity contribution is -0.274. The van der Waals surface area contributed by atoms with Gasteiger partial charge in [0.05, 0.1) is 5.69 Å². The lowest BCUT2D eigenvalue weighted by atomic mass is 10.3. The molecule has 0 unspecified atom stereocenters. The number of nitrogen functional groups attached to an aromatic ring is 1. The normalized spacial score (nSPS) is 11.4. The van der Waals surface area contributed by atoms with Gasteiger partial charge >= 0.3 is 6.36 Å². The number of aromatic nitrogens is 1. The summed E-state index contributed by atoms with van der Waals surface area (Å²) in [7, 11) is 0. The Kier molecular flexibility index (Phi) is 3.20. The second kappa shape index (κ2) is 4.04. The zero-order chi connectivity index (χ0) is 10.8. The van der Waals surface area contributed by atoms with E-state index in [1.807, 2.05) is 0 Å². The summed E-state index contributed by atoms with van der Waals surface area (Å²) >= 11 is 3.05. The average Bonchev–Trinajstić information content (AvgIpc) is 1.99. The highest BCUT2D eigenvalue weighted by atomic mass is 79.9. The van der Waals surface area contributed by atoms with E-state index in [1.165, 1.54) is 6.07 Å². The van der Waals surface area contributed by atoms with E-state index in [4.69, 9.17) is 5.73 Å². The minimum Gasteiger partial charge on any atom is -0.406 e. The van der Waals surface area contributed by atoms with Crippen LogP contribution in [0.3, 0.4) is 0 Å². The van der Waals surface area contributed by atoms with Crippen LogP contribution in [0.15, 0.2) is 12.1 Å². The van der Waals surface area contributed by atoms with Crippen molar-refractivity contribution < 1.29 is 17.9 Å². The Hall–Kier alpha value is -0.980. The van der Waals surface area contributed by atoms with Gasteiger partial charge in [-0.05, 0) is 0 Å². The highest BCUT2D eigenvalue weighted by Gasteiger charge is 2.31. The summed E-state index contributed by atoms with van der Waals surface area (Å²) in [4.78, 5) is 3.77. The molecule has 0 saturated heterocycles. The summed E-state index contributed by atoms with van der Waals surface area (Å²) in [5.74, 6) is -0.374. The Morgan fingerprint density at radius 3 is 2.57 bits per heavy atom. The molecule has 0 spiro atoms. The molecule has 0 aliphatic heterocycles. The van der Waals surface area contributed by atoms with Crippen molar-refractivity contribution in [2.45, 2.75) is 11.7 Å². The van der Waals surface area contributed by atoms with E-state index in [1.54, 1.807) is 0 Å².